The molecule has 0 radical (unpaired) electrons. The van der Waals surface area contributed by atoms with Gasteiger partial charge in [-0.1, -0.05) is 34.6 Å². The minimum atomic E-state index is -0.833. The van der Waals surface area contributed by atoms with Gasteiger partial charge in [0.05, 0.1) is 23.4 Å². The molecule has 4 saturated carbocycles. The number of aliphatic hydroxyl groups is 2. The zero-order valence-electron chi connectivity index (χ0n) is 23.0. The molecule has 5 rings (SSSR count). The number of ketones is 1. The van der Waals surface area contributed by atoms with Crippen LogP contribution in [0.5, 0.6) is 0 Å². The van der Waals surface area contributed by atoms with E-state index in [0.717, 1.165) is 51.4 Å². The van der Waals surface area contributed by atoms with E-state index in [1.807, 2.05) is 13.8 Å². The van der Waals surface area contributed by atoms with E-state index in [1.54, 1.807) is 0 Å². The number of aliphatic hydroxyl groups excluding tert-OH is 1. The summed E-state index contributed by atoms with van der Waals surface area (Å²) in [5.41, 5.74) is -1.03. The third kappa shape index (κ3) is 3.09. The first-order valence-corrected chi connectivity index (χ1v) is 14.1. The fraction of sp³-hybridized carbons (Fsp3) is 0.967. The summed E-state index contributed by atoms with van der Waals surface area (Å²) in [6.07, 6.45) is 8.43. The van der Waals surface area contributed by atoms with Crippen molar-refractivity contribution < 1.29 is 19.7 Å². The van der Waals surface area contributed by atoms with Crippen molar-refractivity contribution in [2.45, 2.75) is 137 Å². The molecule has 4 nitrogen and oxygen atoms in total. The molecular weight excluding hydrogens is 424 g/mol. The largest absolute Gasteiger partial charge is 0.393 e. The first-order valence-electron chi connectivity index (χ1n) is 14.1. The average molecular weight is 475 g/mol. The van der Waals surface area contributed by atoms with Crippen LogP contribution in [-0.4, -0.2) is 39.4 Å². The second-order valence-corrected chi connectivity index (χ2v) is 15.2. The topological polar surface area (TPSA) is 66.8 Å². The van der Waals surface area contributed by atoms with E-state index in [-0.39, 0.29) is 45.4 Å². The van der Waals surface area contributed by atoms with Crippen LogP contribution in [0.15, 0.2) is 0 Å². The van der Waals surface area contributed by atoms with Crippen molar-refractivity contribution in [3.63, 3.8) is 0 Å². The molecule has 1 aliphatic heterocycles. The van der Waals surface area contributed by atoms with Crippen molar-refractivity contribution in [1.82, 2.24) is 0 Å². The zero-order chi connectivity index (χ0) is 25.1. The average Bonchev–Trinajstić information content (AvgIpc) is 3.30. The van der Waals surface area contributed by atoms with Crippen molar-refractivity contribution >= 4 is 5.78 Å². The lowest BCUT2D eigenvalue weighted by atomic mass is 9.35. The van der Waals surface area contributed by atoms with Gasteiger partial charge in [0.25, 0.3) is 0 Å². The Morgan fingerprint density at radius 1 is 0.882 bits per heavy atom. The zero-order valence-corrected chi connectivity index (χ0v) is 23.0. The van der Waals surface area contributed by atoms with Crippen LogP contribution in [0.1, 0.15) is 113 Å². The molecule has 4 aliphatic carbocycles. The standard InChI is InChI=1S/C30H50O4/c1-25(2)20-10-15-28(6)21(27(20,5)13-11-22(25)32)17-19(31)24-18(9-14-29(24,28)7)30(8)16-12-23(34-30)26(3,4)33/h18-21,23-24,31,33H,9-17H2,1-8H3/t18-,19-,20-,21+,23+,24-,27-,28+,29-,30-/m0/s1. The monoisotopic (exact) mass is 474 g/mol. The van der Waals surface area contributed by atoms with Gasteiger partial charge in [0, 0.05) is 11.8 Å². The highest BCUT2D eigenvalue weighted by Gasteiger charge is 2.71. The number of carbonyl (C=O) groups excluding carboxylic acids is 1. The quantitative estimate of drug-likeness (QED) is 0.521. The molecule has 10 atom stereocenters. The van der Waals surface area contributed by atoms with Crippen molar-refractivity contribution in [2.75, 3.05) is 0 Å². The van der Waals surface area contributed by atoms with Crippen LogP contribution in [0, 0.1) is 45.3 Å². The molecule has 0 amide bonds. The van der Waals surface area contributed by atoms with E-state index in [0.29, 0.717) is 30.0 Å². The van der Waals surface area contributed by atoms with Gasteiger partial charge in [-0.05, 0) is 112 Å². The minimum Gasteiger partial charge on any atom is -0.393 e. The maximum absolute atomic E-state index is 12.9. The van der Waals surface area contributed by atoms with Gasteiger partial charge in [-0.3, -0.25) is 4.79 Å². The summed E-state index contributed by atoms with van der Waals surface area (Å²) in [6, 6.07) is 0. The number of rotatable bonds is 2. The van der Waals surface area contributed by atoms with Gasteiger partial charge >= 0.3 is 0 Å². The van der Waals surface area contributed by atoms with Gasteiger partial charge < -0.3 is 14.9 Å². The molecule has 34 heavy (non-hydrogen) atoms. The molecule has 0 aromatic heterocycles. The predicted octanol–water partition coefficient (Wildman–Crippen LogP) is 5.92. The fourth-order valence-electron chi connectivity index (χ4n) is 10.9. The van der Waals surface area contributed by atoms with Crippen LogP contribution in [0.3, 0.4) is 0 Å². The number of Topliss-reactive ketones (excluding diaryl/α,β-unsaturated/α-hetero) is 1. The summed E-state index contributed by atoms with van der Waals surface area (Å²) >= 11 is 0. The Bertz CT molecular complexity index is 858. The molecule has 1 saturated heterocycles. The van der Waals surface area contributed by atoms with Crippen molar-refractivity contribution in [2.24, 2.45) is 45.3 Å². The van der Waals surface area contributed by atoms with Crippen molar-refractivity contribution in [1.29, 1.82) is 0 Å². The number of carbonyl (C=O) groups is 1. The number of hydrogen-bond acceptors (Lipinski definition) is 4. The Labute approximate surface area is 207 Å². The molecule has 0 spiro atoms. The van der Waals surface area contributed by atoms with E-state index in [4.69, 9.17) is 4.74 Å². The summed E-state index contributed by atoms with van der Waals surface area (Å²) in [5.74, 6) is 1.85. The van der Waals surface area contributed by atoms with E-state index in [2.05, 4.69) is 41.5 Å². The number of hydrogen-bond donors (Lipinski definition) is 2. The van der Waals surface area contributed by atoms with E-state index >= 15 is 0 Å². The summed E-state index contributed by atoms with van der Waals surface area (Å²) in [5, 5.41) is 22.5. The van der Waals surface area contributed by atoms with Crippen LogP contribution < -0.4 is 0 Å². The molecule has 5 aliphatic rings. The maximum Gasteiger partial charge on any atom is 0.138 e. The van der Waals surface area contributed by atoms with Crippen LogP contribution in [0.4, 0.5) is 0 Å². The number of fused-ring (bicyclic) bond motifs is 5. The molecule has 2 N–H and O–H groups in total. The SMILES string of the molecule is CC(C)(O)[C@H]1CC[C@@](C)([C@H]2CC[C@@]3(C)[C@@H]2[C@@H](O)C[C@@H]2[C@@]4(C)CCC(=O)C(C)(C)[C@@H]4CC[C@]23C)O1. The molecule has 4 heteroatoms. The van der Waals surface area contributed by atoms with Gasteiger partial charge in [-0.25, -0.2) is 0 Å². The van der Waals surface area contributed by atoms with E-state index in [1.165, 1.54) is 0 Å². The van der Waals surface area contributed by atoms with Gasteiger partial charge in [0.2, 0.25) is 0 Å². The molecular formula is C30H50O4. The first-order chi connectivity index (χ1) is 15.5. The van der Waals surface area contributed by atoms with Gasteiger partial charge in [-0.15, -0.1) is 0 Å². The van der Waals surface area contributed by atoms with Gasteiger partial charge in [-0.2, -0.15) is 0 Å². The molecule has 0 aromatic carbocycles. The van der Waals surface area contributed by atoms with Crippen LogP contribution in [0.2, 0.25) is 0 Å². The predicted molar refractivity (Wildman–Crippen MR) is 134 cm³/mol. The van der Waals surface area contributed by atoms with Gasteiger partial charge in [0.1, 0.15) is 5.78 Å². The van der Waals surface area contributed by atoms with Gasteiger partial charge in [0.15, 0.2) is 0 Å². The van der Waals surface area contributed by atoms with Crippen LogP contribution >= 0.6 is 0 Å². The smallest absolute Gasteiger partial charge is 0.138 e. The summed E-state index contributed by atoms with van der Waals surface area (Å²) in [6.45, 7) is 17.8. The third-order valence-corrected chi connectivity index (χ3v) is 13.0. The normalized spacial score (nSPS) is 54.9. The molecule has 0 aromatic rings. The van der Waals surface area contributed by atoms with Crippen LogP contribution in [0.25, 0.3) is 0 Å². The lowest BCUT2D eigenvalue weighted by Gasteiger charge is -2.69. The summed E-state index contributed by atoms with van der Waals surface area (Å²) < 4.78 is 6.65. The second-order valence-electron chi connectivity index (χ2n) is 15.2. The van der Waals surface area contributed by atoms with Crippen molar-refractivity contribution in [3.05, 3.63) is 0 Å². The van der Waals surface area contributed by atoms with E-state index < -0.39 is 5.60 Å². The summed E-state index contributed by atoms with van der Waals surface area (Å²) in [7, 11) is 0. The molecule has 5 fully saturated rings. The highest BCUT2D eigenvalue weighted by Crippen LogP contribution is 2.75. The van der Waals surface area contributed by atoms with Crippen LogP contribution in [-0.2, 0) is 9.53 Å². The fourth-order valence-corrected chi connectivity index (χ4v) is 10.9. The minimum absolute atomic E-state index is 0.0682. The van der Waals surface area contributed by atoms with E-state index in [9.17, 15) is 15.0 Å². The molecule has 1 heterocycles. The Hall–Kier alpha value is -0.450. The highest BCUT2D eigenvalue weighted by atomic mass is 16.5. The Kier molecular flexibility index (Phi) is 5.42. The maximum atomic E-state index is 12.9. The number of ether oxygens (including phenoxy) is 1. The molecule has 0 bridgehead atoms. The highest BCUT2D eigenvalue weighted by molar-refractivity contribution is 5.85. The first kappa shape index (κ1) is 25.2. The lowest BCUT2D eigenvalue weighted by Crippen LogP contribution is -2.66. The summed E-state index contributed by atoms with van der Waals surface area (Å²) in [4.78, 5) is 12.9. The third-order valence-electron chi connectivity index (χ3n) is 13.0. The Balaban J connectivity index is 1.49. The lowest BCUT2D eigenvalue weighted by molar-refractivity contribution is -0.235. The van der Waals surface area contributed by atoms with Crippen molar-refractivity contribution in [3.8, 4) is 0 Å². The Morgan fingerprint density at radius 2 is 1.53 bits per heavy atom. The molecule has 0 unspecified atom stereocenters. The Morgan fingerprint density at radius 3 is 2.15 bits per heavy atom. The molecule has 194 valence electrons. The second kappa shape index (κ2) is 7.32.